The maximum absolute atomic E-state index is 12.4. The third-order valence-corrected chi connectivity index (χ3v) is 5.08. The number of hydrogen-bond acceptors (Lipinski definition) is 5. The first-order valence-electron chi connectivity index (χ1n) is 9.84. The quantitative estimate of drug-likeness (QED) is 0.673. The zero-order valence-electron chi connectivity index (χ0n) is 16.4. The highest BCUT2D eigenvalue weighted by atomic mass is 16.4. The van der Waals surface area contributed by atoms with Gasteiger partial charge in [0.1, 0.15) is 5.52 Å². The van der Waals surface area contributed by atoms with Crippen LogP contribution in [0.3, 0.4) is 0 Å². The van der Waals surface area contributed by atoms with E-state index < -0.39 is 0 Å². The highest BCUT2D eigenvalue weighted by Crippen LogP contribution is 2.28. The van der Waals surface area contributed by atoms with E-state index in [9.17, 15) is 9.59 Å². The lowest BCUT2D eigenvalue weighted by Crippen LogP contribution is -2.40. The number of fused-ring (bicyclic) bond motifs is 1. The standard InChI is InChI=1S/C22H24N4O3/c1-15(27)24-17-10-8-16(9-11-17)13-21(28)23-14-18-5-4-12-26(18)22-25-19-6-2-3-7-20(19)29-22/h2-3,6-11,18H,4-5,12-14H2,1H3,(H,23,28)(H,24,27)/t18-/m0/s1. The van der Waals surface area contributed by atoms with Gasteiger partial charge in [0.2, 0.25) is 11.8 Å². The number of hydrogen-bond donors (Lipinski definition) is 2. The fraction of sp³-hybridized carbons (Fsp3) is 0.318. The summed E-state index contributed by atoms with van der Waals surface area (Å²) in [6.07, 6.45) is 2.34. The van der Waals surface area contributed by atoms with E-state index in [0.29, 0.717) is 19.0 Å². The normalized spacial score (nSPS) is 16.2. The van der Waals surface area contributed by atoms with E-state index in [0.717, 1.165) is 41.7 Å². The van der Waals surface area contributed by atoms with Crippen LogP contribution in [0.1, 0.15) is 25.3 Å². The number of carbonyl (C=O) groups excluding carboxylic acids is 2. The topological polar surface area (TPSA) is 87.5 Å². The summed E-state index contributed by atoms with van der Waals surface area (Å²) in [6, 6.07) is 15.8. The zero-order chi connectivity index (χ0) is 20.2. The van der Waals surface area contributed by atoms with Crippen LogP contribution >= 0.6 is 0 Å². The summed E-state index contributed by atoms with van der Waals surface area (Å²) in [4.78, 5) is 30.2. The Labute approximate surface area is 169 Å². The highest BCUT2D eigenvalue weighted by molar-refractivity contribution is 5.88. The fourth-order valence-corrected chi connectivity index (χ4v) is 3.67. The molecule has 1 saturated heterocycles. The Balaban J connectivity index is 1.33. The number of aromatic nitrogens is 1. The number of nitrogens with one attached hydrogen (secondary N) is 2. The lowest BCUT2D eigenvalue weighted by molar-refractivity contribution is -0.120. The zero-order valence-corrected chi connectivity index (χ0v) is 16.4. The Morgan fingerprint density at radius 3 is 2.72 bits per heavy atom. The summed E-state index contributed by atoms with van der Waals surface area (Å²) < 4.78 is 5.90. The van der Waals surface area contributed by atoms with Crippen molar-refractivity contribution in [2.75, 3.05) is 23.3 Å². The number of nitrogens with zero attached hydrogens (tertiary/aromatic N) is 2. The molecule has 0 radical (unpaired) electrons. The van der Waals surface area contributed by atoms with Crippen LogP contribution < -0.4 is 15.5 Å². The van der Waals surface area contributed by atoms with Gasteiger partial charge in [-0.1, -0.05) is 24.3 Å². The lowest BCUT2D eigenvalue weighted by atomic mass is 10.1. The summed E-state index contributed by atoms with van der Waals surface area (Å²) in [7, 11) is 0. The fourth-order valence-electron chi connectivity index (χ4n) is 3.67. The first-order chi connectivity index (χ1) is 14.1. The van der Waals surface area contributed by atoms with Crippen molar-refractivity contribution in [3.05, 3.63) is 54.1 Å². The van der Waals surface area contributed by atoms with Gasteiger partial charge in [-0.2, -0.15) is 4.98 Å². The minimum absolute atomic E-state index is 0.0262. The number of carbonyl (C=O) groups is 2. The minimum atomic E-state index is -0.115. The van der Waals surface area contributed by atoms with Crippen LogP contribution in [0, 0.1) is 0 Å². The number of anilines is 2. The largest absolute Gasteiger partial charge is 0.423 e. The summed E-state index contributed by atoms with van der Waals surface area (Å²) in [6.45, 7) is 2.90. The summed E-state index contributed by atoms with van der Waals surface area (Å²) in [5.41, 5.74) is 3.25. The Hall–Kier alpha value is -3.35. The molecule has 3 aromatic rings. The molecule has 0 saturated carbocycles. The molecule has 2 N–H and O–H groups in total. The number of para-hydroxylation sites is 2. The maximum atomic E-state index is 12.4. The number of oxazole rings is 1. The van der Waals surface area contributed by atoms with E-state index in [-0.39, 0.29) is 17.9 Å². The molecule has 0 bridgehead atoms. The molecule has 4 rings (SSSR count). The summed E-state index contributed by atoms with van der Waals surface area (Å²) >= 11 is 0. The van der Waals surface area contributed by atoms with Gasteiger partial charge in [0.15, 0.2) is 5.58 Å². The molecule has 1 aromatic heterocycles. The molecule has 29 heavy (non-hydrogen) atoms. The van der Waals surface area contributed by atoms with Crippen molar-refractivity contribution in [2.24, 2.45) is 0 Å². The van der Waals surface area contributed by atoms with Crippen LogP contribution in [-0.2, 0) is 16.0 Å². The third kappa shape index (κ3) is 4.56. The van der Waals surface area contributed by atoms with Crippen molar-refractivity contribution in [3.8, 4) is 0 Å². The first kappa shape index (κ1) is 19.0. The van der Waals surface area contributed by atoms with Crippen LogP contribution in [0.2, 0.25) is 0 Å². The van der Waals surface area contributed by atoms with E-state index in [1.165, 1.54) is 6.92 Å². The molecule has 1 atom stereocenters. The Bertz CT molecular complexity index is 979. The smallest absolute Gasteiger partial charge is 0.298 e. The summed E-state index contributed by atoms with van der Waals surface area (Å²) in [5, 5.41) is 5.75. The number of rotatable bonds is 6. The SMILES string of the molecule is CC(=O)Nc1ccc(CC(=O)NC[C@@H]2CCCN2c2nc3ccccc3o2)cc1. The van der Waals surface area contributed by atoms with Crippen molar-refractivity contribution < 1.29 is 14.0 Å². The van der Waals surface area contributed by atoms with Gasteiger partial charge in [0.25, 0.3) is 6.01 Å². The van der Waals surface area contributed by atoms with Gasteiger partial charge in [-0.15, -0.1) is 0 Å². The average molecular weight is 392 g/mol. The van der Waals surface area contributed by atoms with Gasteiger partial charge in [-0.3, -0.25) is 9.59 Å². The van der Waals surface area contributed by atoms with Crippen LogP contribution in [0.25, 0.3) is 11.1 Å². The van der Waals surface area contributed by atoms with Gasteiger partial charge in [-0.05, 0) is 42.7 Å². The van der Waals surface area contributed by atoms with E-state index >= 15 is 0 Å². The minimum Gasteiger partial charge on any atom is -0.423 e. The van der Waals surface area contributed by atoms with Crippen molar-refractivity contribution in [1.82, 2.24) is 10.3 Å². The van der Waals surface area contributed by atoms with Crippen LogP contribution in [0.5, 0.6) is 0 Å². The molecular weight excluding hydrogens is 368 g/mol. The van der Waals surface area contributed by atoms with Crippen LogP contribution in [0.4, 0.5) is 11.7 Å². The molecule has 7 nitrogen and oxygen atoms in total. The molecule has 0 unspecified atom stereocenters. The predicted molar refractivity (Wildman–Crippen MR) is 112 cm³/mol. The Kier molecular flexibility index (Phi) is 5.46. The number of amides is 2. The van der Waals surface area contributed by atoms with Gasteiger partial charge in [0, 0.05) is 25.7 Å². The molecule has 1 aliphatic heterocycles. The van der Waals surface area contributed by atoms with Gasteiger partial charge in [-0.25, -0.2) is 0 Å². The first-order valence-corrected chi connectivity index (χ1v) is 9.84. The average Bonchev–Trinajstić information content (AvgIpc) is 3.33. The van der Waals surface area contributed by atoms with Crippen molar-refractivity contribution in [1.29, 1.82) is 0 Å². The van der Waals surface area contributed by atoms with Crippen molar-refractivity contribution in [2.45, 2.75) is 32.2 Å². The van der Waals surface area contributed by atoms with Crippen molar-refractivity contribution >= 4 is 34.6 Å². The molecule has 1 fully saturated rings. The highest BCUT2D eigenvalue weighted by Gasteiger charge is 2.28. The van der Waals surface area contributed by atoms with E-state index in [1.54, 1.807) is 12.1 Å². The van der Waals surface area contributed by atoms with Crippen LogP contribution in [-0.4, -0.2) is 35.9 Å². The lowest BCUT2D eigenvalue weighted by Gasteiger charge is -2.23. The van der Waals surface area contributed by atoms with Crippen LogP contribution in [0.15, 0.2) is 52.9 Å². The van der Waals surface area contributed by atoms with E-state index in [1.807, 2.05) is 36.4 Å². The second kappa shape index (κ2) is 8.34. The second-order valence-electron chi connectivity index (χ2n) is 7.31. The molecular formula is C22H24N4O3. The molecule has 150 valence electrons. The third-order valence-electron chi connectivity index (χ3n) is 5.08. The molecule has 2 heterocycles. The van der Waals surface area contributed by atoms with Gasteiger partial charge >= 0.3 is 0 Å². The molecule has 1 aliphatic rings. The maximum Gasteiger partial charge on any atom is 0.298 e. The van der Waals surface area contributed by atoms with E-state index in [2.05, 4.69) is 20.5 Å². The Morgan fingerprint density at radius 2 is 1.97 bits per heavy atom. The predicted octanol–water partition coefficient (Wildman–Crippen LogP) is 3.11. The number of benzene rings is 2. The second-order valence-corrected chi connectivity index (χ2v) is 7.31. The molecule has 2 amide bonds. The Morgan fingerprint density at radius 1 is 1.17 bits per heavy atom. The molecule has 0 spiro atoms. The molecule has 7 heteroatoms. The molecule has 0 aliphatic carbocycles. The van der Waals surface area contributed by atoms with E-state index in [4.69, 9.17) is 4.42 Å². The molecule has 2 aromatic carbocycles. The van der Waals surface area contributed by atoms with Crippen molar-refractivity contribution in [3.63, 3.8) is 0 Å². The monoisotopic (exact) mass is 392 g/mol. The van der Waals surface area contributed by atoms with Gasteiger partial charge in [0.05, 0.1) is 12.5 Å². The van der Waals surface area contributed by atoms with Gasteiger partial charge < -0.3 is 20.0 Å². The summed E-state index contributed by atoms with van der Waals surface area (Å²) in [5.74, 6) is -0.141.